The predicted octanol–water partition coefficient (Wildman–Crippen LogP) is 3.85. The third kappa shape index (κ3) is 5.39. The van der Waals surface area contributed by atoms with Crippen LogP contribution in [0, 0.1) is 0 Å². The van der Waals surface area contributed by atoms with Crippen LogP contribution in [0.2, 0.25) is 0 Å². The van der Waals surface area contributed by atoms with Crippen LogP contribution in [-0.2, 0) is 4.79 Å². The molecule has 5 rings (SSSR count). The number of ether oxygens (including phenoxy) is 2. The molecule has 2 aromatic carbocycles. The van der Waals surface area contributed by atoms with Crippen LogP contribution in [0.25, 0.3) is 0 Å². The number of nitrogens with zero attached hydrogens (tertiary/aromatic N) is 3. The fourth-order valence-corrected chi connectivity index (χ4v) is 5.27. The minimum Gasteiger partial charge on any atom is -0.497 e. The molecule has 0 saturated carbocycles. The Morgan fingerprint density at radius 2 is 1.92 bits per heavy atom. The number of methoxy groups -OCH3 is 1. The van der Waals surface area contributed by atoms with E-state index in [4.69, 9.17) is 9.47 Å². The summed E-state index contributed by atoms with van der Waals surface area (Å²) in [5.41, 5.74) is 8.84. The van der Waals surface area contributed by atoms with E-state index in [1.54, 1.807) is 7.11 Å². The van der Waals surface area contributed by atoms with Crippen LogP contribution in [-0.4, -0.2) is 52.7 Å². The molecule has 3 atom stereocenters. The van der Waals surface area contributed by atoms with Gasteiger partial charge < -0.3 is 24.7 Å². The van der Waals surface area contributed by atoms with Crippen LogP contribution in [0.3, 0.4) is 0 Å². The monoisotopic (exact) mass is 508 g/mol. The summed E-state index contributed by atoms with van der Waals surface area (Å²) >= 11 is 1.42. The number of amidine groups is 1. The van der Waals surface area contributed by atoms with Gasteiger partial charge in [0.05, 0.1) is 31.6 Å². The summed E-state index contributed by atoms with van der Waals surface area (Å²) in [7, 11) is 1.62. The number of rotatable bonds is 9. The normalized spacial score (nSPS) is 21.9. The highest BCUT2D eigenvalue weighted by Crippen LogP contribution is 2.35. The number of amides is 1. The number of carbonyl (C=O) groups excluding carboxylic acids is 1. The molecular formula is C26H32N6O3S. The molecule has 3 aliphatic heterocycles. The fourth-order valence-electron chi connectivity index (χ4n) is 4.50. The van der Waals surface area contributed by atoms with E-state index in [9.17, 15) is 4.79 Å². The van der Waals surface area contributed by atoms with E-state index >= 15 is 0 Å². The smallest absolute Gasteiger partial charge is 0.234 e. The van der Waals surface area contributed by atoms with Crippen molar-refractivity contribution < 1.29 is 14.3 Å². The molecule has 2 aromatic rings. The number of hydrazone groups is 1. The average Bonchev–Trinajstić information content (AvgIpc) is 3.53. The SMILES string of the molecule is CCCCOc1ccc(C2CC3C4NN=C(SCC(=O)Nc5ccc(OC)cc5)N4C=CN3N2)cc1. The van der Waals surface area contributed by atoms with E-state index in [2.05, 4.69) is 62.4 Å². The van der Waals surface area contributed by atoms with Crippen LogP contribution in [0.5, 0.6) is 11.5 Å². The first-order chi connectivity index (χ1) is 17.6. The molecule has 1 fully saturated rings. The highest BCUT2D eigenvalue weighted by atomic mass is 32.2. The van der Waals surface area contributed by atoms with Crippen molar-refractivity contribution in [2.75, 3.05) is 24.8 Å². The van der Waals surface area contributed by atoms with E-state index in [0.717, 1.165) is 48.2 Å². The first-order valence-corrected chi connectivity index (χ1v) is 13.3. The number of fused-ring (bicyclic) bond motifs is 3. The molecule has 10 heteroatoms. The van der Waals surface area contributed by atoms with Gasteiger partial charge in [-0.3, -0.25) is 10.2 Å². The molecule has 1 amide bonds. The molecule has 3 aliphatic rings. The fraction of sp³-hybridized carbons (Fsp3) is 0.385. The Hall–Kier alpha value is -3.37. The number of hydrogen-bond donors (Lipinski definition) is 3. The molecule has 3 heterocycles. The van der Waals surface area contributed by atoms with Gasteiger partial charge in [-0.1, -0.05) is 37.2 Å². The number of nitrogens with one attached hydrogen (secondary N) is 3. The van der Waals surface area contributed by atoms with Gasteiger partial charge in [-0.15, -0.1) is 0 Å². The van der Waals surface area contributed by atoms with Crippen LogP contribution in [0.1, 0.15) is 37.8 Å². The number of benzene rings is 2. The van der Waals surface area contributed by atoms with E-state index < -0.39 is 0 Å². The Morgan fingerprint density at radius 1 is 1.14 bits per heavy atom. The summed E-state index contributed by atoms with van der Waals surface area (Å²) in [6.45, 7) is 2.92. The van der Waals surface area contributed by atoms with Crippen molar-refractivity contribution in [3.63, 3.8) is 0 Å². The van der Waals surface area contributed by atoms with E-state index in [0.29, 0.717) is 0 Å². The first kappa shape index (κ1) is 24.3. The Bertz CT molecular complexity index is 1110. The third-order valence-electron chi connectivity index (χ3n) is 6.46. The topological polar surface area (TPSA) is 90.5 Å². The van der Waals surface area contributed by atoms with Gasteiger partial charge in [0, 0.05) is 18.1 Å². The van der Waals surface area contributed by atoms with Crippen molar-refractivity contribution >= 4 is 28.5 Å². The van der Waals surface area contributed by atoms with Gasteiger partial charge in [-0.2, -0.15) is 5.10 Å². The summed E-state index contributed by atoms with van der Waals surface area (Å²) in [6.07, 6.45) is 7.19. The lowest BCUT2D eigenvalue weighted by Gasteiger charge is -2.36. The van der Waals surface area contributed by atoms with Crippen molar-refractivity contribution in [1.29, 1.82) is 0 Å². The molecule has 0 aliphatic carbocycles. The molecule has 0 bridgehead atoms. The average molecular weight is 509 g/mol. The zero-order valence-electron chi connectivity index (χ0n) is 20.5. The number of hydrogen-bond acceptors (Lipinski definition) is 9. The summed E-state index contributed by atoms with van der Waals surface area (Å²) in [4.78, 5) is 14.6. The second-order valence-electron chi connectivity index (χ2n) is 8.90. The molecule has 0 radical (unpaired) electrons. The molecule has 3 unspecified atom stereocenters. The molecule has 9 nitrogen and oxygen atoms in total. The Labute approximate surface area is 215 Å². The van der Waals surface area contributed by atoms with Gasteiger partial charge in [-0.05, 0) is 54.8 Å². The van der Waals surface area contributed by atoms with Crippen molar-refractivity contribution in [3.8, 4) is 11.5 Å². The lowest BCUT2D eigenvalue weighted by atomic mass is 10.00. The van der Waals surface area contributed by atoms with E-state index in [1.165, 1.54) is 17.3 Å². The minimum atomic E-state index is -0.0800. The van der Waals surface area contributed by atoms with Crippen LogP contribution in [0.15, 0.2) is 66.0 Å². The predicted molar refractivity (Wildman–Crippen MR) is 142 cm³/mol. The van der Waals surface area contributed by atoms with Crippen molar-refractivity contribution in [3.05, 3.63) is 66.5 Å². The summed E-state index contributed by atoms with van der Waals surface area (Å²) in [5, 5.41) is 10.4. The lowest BCUT2D eigenvalue weighted by Crippen LogP contribution is -2.54. The minimum absolute atomic E-state index is 0.0105. The van der Waals surface area contributed by atoms with Gasteiger partial charge in [0.15, 0.2) is 5.17 Å². The maximum atomic E-state index is 12.5. The maximum absolute atomic E-state index is 12.5. The van der Waals surface area contributed by atoms with Gasteiger partial charge in [0.25, 0.3) is 0 Å². The summed E-state index contributed by atoms with van der Waals surface area (Å²) < 4.78 is 11.0. The van der Waals surface area contributed by atoms with Crippen LogP contribution in [0.4, 0.5) is 5.69 Å². The summed E-state index contributed by atoms with van der Waals surface area (Å²) in [6, 6.07) is 16.1. The van der Waals surface area contributed by atoms with Gasteiger partial charge in [0.1, 0.15) is 17.7 Å². The number of hydrazine groups is 1. The molecule has 0 spiro atoms. The highest BCUT2D eigenvalue weighted by molar-refractivity contribution is 8.14. The second kappa shape index (κ2) is 11.1. The number of thioether (sulfide) groups is 1. The Balaban J connectivity index is 1.13. The van der Waals surface area contributed by atoms with Crippen LogP contribution < -0.4 is 25.6 Å². The first-order valence-electron chi connectivity index (χ1n) is 12.3. The number of carbonyl (C=O) groups is 1. The van der Waals surface area contributed by atoms with Gasteiger partial charge in [0.2, 0.25) is 5.91 Å². The Kier molecular flexibility index (Phi) is 7.52. The number of unbranched alkanes of at least 4 members (excludes halogenated alkanes) is 1. The van der Waals surface area contributed by atoms with Crippen molar-refractivity contribution in [1.82, 2.24) is 20.8 Å². The van der Waals surface area contributed by atoms with Crippen molar-refractivity contribution in [2.24, 2.45) is 5.10 Å². The van der Waals surface area contributed by atoms with E-state index in [1.807, 2.05) is 36.7 Å². The standard InChI is InChI=1S/C26H32N6O3S/c1-3-4-15-35-21-9-5-18(6-10-21)22-16-23-25-28-29-26(31(25)13-14-32(23)30-22)36-17-24(33)27-19-7-11-20(34-2)12-8-19/h5-14,22-23,25,28,30H,3-4,15-17H2,1-2H3,(H,27,33). The molecular weight excluding hydrogens is 476 g/mol. The molecule has 36 heavy (non-hydrogen) atoms. The molecule has 1 saturated heterocycles. The third-order valence-corrected chi connectivity index (χ3v) is 7.43. The second-order valence-corrected chi connectivity index (χ2v) is 9.84. The quantitative estimate of drug-likeness (QED) is 0.440. The van der Waals surface area contributed by atoms with Gasteiger partial charge >= 0.3 is 0 Å². The lowest BCUT2D eigenvalue weighted by molar-refractivity contribution is -0.113. The molecule has 190 valence electrons. The van der Waals surface area contributed by atoms with Gasteiger partial charge in [-0.25, -0.2) is 5.43 Å². The molecule has 0 aromatic heterocycles. The number of anilines is 1. The molecule has 3 N–H and O–H groups in total. The van der Waals surface area contributed by atoms with E-state index in [-0.39, 0.29) is 29.9 Å². The zero-order valence-corrected chi connectivity index (χ0v) is 21.3. The highest BCUT2D eigenvalue weighted by Gasteiger charge is 2.44. The maximum Gasteiger partial charge on any atom is 0.234 e. The van der Waals surface area contributed by atoms with Crippen molar-refractivity contribution in [2.45, 2.75) is 44.4 Å². The largest absolute Gasteiger partial charge is 0.497 e. The zero-order chi connectivity index (χ0) is 24.9. The summed E-state index contributed by atoms with van der Waals surface area (Å²) in [5.74, 6) is 1.86. The van der Waals surface area contributed by atoms with Crippen LogP contribution >= 0.6 is 11.8 Å². The Morgan fingerprint density at radius 3 is 2.67 bits per heavy atom.